The minimum Gasteiger partial charge on any atom is -0.375 e. The number of fused-ring (bicyclic) bond motifs is 1. The van der Waals surface area contributed by atoms with Crippen molar-refractivity contribution < 1.29 is 4.74 Å². The maximum atomic E-state index is 5.68. The van der Waals surface area contributed by atoms with Crippen molar-refractivity contribution in [1.82, 2.24) is 10.2 Å². The van der Waals surface area contributed by atoms with Crippen LogP contribution < -0.4 is 5.32 Å². The smallest absolute Gasteiger partial charge is 0.0721 e. The van der Waals surface area contributed by atoms with Crippen LogP contribution in [-0.4, -0.2) is 38.7 Å². The van der Waals surface area contributed by atoms with Crippen LogP contribution >= 0.6 is 0 Å². The Morgan fingerprint density at radius 3 is 3.06 bits per heavy atom. The van der Waals surface area contributed by atoms with Crippen LogP contribution in [0.3, 0.4) is 0 Å². The van der Waals surface area contributed by atoms with Gasteiger partial charge in [0.25, 0.3) is 0 Å². The van der Waals surface area contributed by atoms with Gasteiger partial charge in [-0.2, -0.15) is 0 Å². The average molecular weight is 234 g/mol. The molecule has 1 aromatic rings. The third kappa shape index (κ3) is 3.06. The quantitative estimate of drug-likeness (QED) is 0.786. The van der Waals surface area contributed by atoms with Crippen LogP contribution in [0.1, 0.15) is 23.6 Å². The summed E-state index contributed by atoms with van der Waals surface area (Å²) >= 11 is 0. The van der Waals surface area contributed by atoms with Crippen LogP contribution in [0.5, 0.6) is 0 Å². The van der Waals surface area contributed by atoms with Crippen molar-refractivity contribution in [3.05, 3.63) is 35.4 Å². The molecule has 0 bridgehead atoms. The molecule has 1 heterocycles. The van der Waals surface area contributed by atoms with Crippen LogP contribution in [0, 0.1) is 0 Å². The Hall–Kier alpha value is -0.900. The highest BCUT2D eigenvalue weighted by atomic mass is 16.5. The van der Waals surface area contributed by atoms with Crippen molar-refractivity contribution in [2.45, 2.75) is 19.1 Å². The number of nitrogens with one attached hydrogen (secondary N) is 1. The molecule has 94 valence electrons. The zero-order valence-corrected chi connectivity index (χ0v) is 10.8. The van der Waals surface area contributed by atoms with E-state index in [1.165, 1.54) is 17.5 Å². The van der Waals surface area contributed by atoms with Crippen molar-refractivity contribution in [3.8, 4) is 0 Å². The van der Waals surface area contributed by atoms with E-state index in [9.17, 15) is 0 Å². The van der Waals surface area contributed by atoms with Crippen LogP contribution in [0.2, 0.25) is 0 Å². The average Bonchev–Trinajstić information content (AvgIpc) is 2.38. The van der Waals surface area contributed by atoms with Gasteiger partial charge < -0.3 is 10.1 Å². The summed E-state index contributed by atoms with van der Waals surface area (Å²) in [4.78, 5) is 2.40. The summed E-state index contributed by atoms with van der Waals surface area (Å²) in [5.41, 5.74) is 2.77. The fourth-order valence-electron chi connectivity index (χ4n) is 2.39. The zero-order chi connectivity index (χ0) is 12.1. The van der Waals surface area contributed by atoms with E-state index in [2.05, 4.69) is 41.5 Å². The Balaban J connectivity index is 2.02. The SMILES string of the molecule is CNCCCN(C)C1COCc2ccccc21. The number of likely N-dealkylation sites (N-methyl/N-ethyl adjacent to an activating group) is 1. The van der Waals surface area contributed by atoms with Gasteiger partial charge in [0.2, 0.25) is 0 Å². The lowest BCUT2D eigenvalue weighted by atomic mass is 9.98. The molecule has 0 aliphatic carbocycles. The van der Waals surface area contributed by atoms with Gasteiger partial charge in [0.15, 0.2) is 0 Å². The molecular weight excluding hydrogens is 212 g/mol. The highest BCUT2D eigenvalue weighted by Gasteiger charge is 2.23. The molecular formula is C14H22N2O. The molecule has 0 aromatic heterocycles. The number of benzene rings is 1. The third-order valence-corrected chi connectivity index (χ3v) is 3.42. The fraction of sp³-hybridized carbons (Fsp3) is 0.571. The predicted molar refractivity (Wildman–Crippen MR) is 70.0 cm³/mol. The highest BCUT2D eigenvalue weighted by molar-refractivity contribution is 5.31. The van der Waals surface area contributed by atoms with Crippen LogP contribution in [-0.2, 0) is 11.3 Å². The first kappa shape index (κ1) is 12.6. The Morgan fingerprint density at radius 2 is 2.24 bits per heavy atom. The van der Waals surface area contributed by atoms with Gasteiger partial charge in [0, 0.05) is 0 Å². The van der Waals surface area contributed by atoms with Crippen LogP contribution in [0.25, 0.3) is 0 Å². The Bertz CT molecular complexity index is 354. The van der Waals surface area contributed by atoms with Crippen LogP contribution in [0.4, 0.5) is 0 Å². The molecule has 1 aliphatic heterocycles. The van der Waals surface area contributed by atoms with E-state index >= 15 is 0 Å². The van der Waals surface area contributed by atoms with E-state index in [1.54, 1.807) is 0 Å². The van der Waals surface area contributed by atoms with E-state index in [0.29, 0.717) is 6.04 Å². The monoisotopic (exact) mass is 234 g/mol. The molecule has 1 N–H and O–H groups in total. The van der Waals surface area contributed by atoms with E-state index in [0.717, 1.165) is 26.3 Å². The maximum absolute atomic E-state index is 5.68. The summed E-state index contributed by atoms with van der Waals surface area (Å²) in [5, 5.41) is 3.19. The zero-order valence-electron chi connectivity index (χ0n) is 10.8. The first-order valence-electron chi connectivity index (χ1n) is 6.33. The lowest BCUT2D eigenvalue weighted by Crippen LogP contribution is -2.33. The van der Waals surface area contributed by atoms with Gasteiger partial charge in [0.1, 0.15) is 0 Å². The number of hydrogen-bond donors (Lipinski definition) is 1. The molecule has 0 fully saturated rings. The molecule has 3 nitrogen and oxygen atoms in total. The fourth-order valence-corrected chi connectivity index (χ4v) is 2.39. The minimum absolute atomic E-state index is 0.414. The molecule has 2 rings (SSSR count). The van der Waals surface area contributed by atoms with Gasteiger partial charge in [-0.25, -0.2) is 0 Å². The molecule has 3 heteroatoms. The summed E-state index contributed by atoms with van der Waals surface area (Å²) in [5.74, 6) is 0. The summed E-state index contributed by atoms with van der Waals surface area (Å²) in [6, 6.07) is 9.03. The van der Waals surface area contributed by atoms with E-state index in [-0.39, 0.29) is 0 Å². The van der Waals surface area contributed by atoms with Crippen molar-refractivity contribution in [3.63, 3.8) is 0 Å². The maximum Gasteiger partial charge on any atom is 0.0721 e. The van der Waals surface area contributed by atoms with Gasteiger partial charge in [-0.3, -0.25) is 4.90 Å². The van der Waals surface area contributed by atoms with Gasteiger partial charge in [0.05, 0.1) is 19.3 Å². The molecule has 0 saturated heterocycles. The normalized spacial score (nSPS) is 19.4. The molecule has 1 atom stereocenters. The topological polar surface area (TPSA) is 24.5 Å². The van der Waals surface area contributed by atoms with Crippen molar-refractivity contribution in [1.29, 1.82) is 0 Å². The van der Waals surface area contributed by atoms with Gasteiger partial charge in [-0.1, -0.05) is 24.3 Å². The minimum atomic E-state index is 0.414. The lowest BCUT2D eigenvalue weighted by molar-refractivity contribution is 0.0418. The van der Waals surface area contributed by atoms with Crippen LogP contribution in [0.15, 0.2) is 24.3 Å². The Morgan fingerprint density at radius 1 is 1.41 bits per heavy atom. The second-order valence-corrected chi connectivity index (χ2v) is 4.67. The number of rotatable bonds is 5. The number of hydrogen-bond acceptors (Lipinski definition) is 3. The van der Waals surface area contributed by atoms with Gasteiger partial charge in [-0.05, 0) is 44.7 Å². The first-order chi connectivity index (χ1) is 8.33. The van der Waals surface area contributed by atoms with E-state index in [1.807, 2.05) is 7.05 Å². The van der Waals surface area contributed by atoms with Crippen molar-refractivity contribution in [2.24, 2.45) is 0 Å². The standard InChI is InChI=1S/C14H22N2O/c1-15-8-5-9-16(2)14-11-17-10-12-6-3-4-7-13(12)14/h3-4,6-7,14-15H,5,8-11H2,1-2H3. The largest absolute Gasteiger partial charge is 0.375 e. The molecule has 1 aliphatic rings. The van der Waals surface area contributed by atoms with Crippen molar-refractivity contribution in [2.75, 3.05) is 33.8 Å². The van der Waals surface area contributed by atoms with Gasteiger partial charge in [-0.15, -0.1) is 0 Å². The summed E-state index contributed by atoms with van der Waals surface area (Å²) in [6.45, 7) is 3.74. The molecule has 0 amide bonds. The molecule has 0 radical (unpaired) electrons. The summed E-state index contributed by atoms with van der Waals surface area (Å²) < 4.78 is 5.68. The highest BCUT2D eigenvalue weighted by Crippen LogP contribution is 2.28. The van der Waals surface area contributed by atoms with E-state index < -0.39 is 0 Å². The number of ether oxygens (including phenoxy) is 1. The molecule has 0 spiro atoms. The molecule has 1 unspecified atom stereocenters. The molecule has 0 saturated carbocycles. The predicted octanol–water partition coefficient (Wildman–Crippen LogP) is 1.80. The second-order valence-electron chi connectivity index (χ2n) is 4.67. The number of nitrogens with zero attached hydrogens (tertiary/aromatic N) is 1. The van der Waals surface area contributed by atoms with Gasteiger partial charge >= 0.3 is 0 Å². The Labute approximate surface area is 104 Å². The molecule has 17 heavy (non-hydrogen) atoms. The lowest BCUT2D eigenvalue weighted by Gasteiger charge is -2.33. The summed E-state index contributed by atoms with van der Waals surface area (Å²) in [6.07, 6.45) is 1.17. The summed E-state index contributed by atoms with van der Waals surface area (Å²) in [7, 11) is 4.19. The van der Waals surface area contributed by atoms with Crippen molar-refractivity contribution >= 4 is 0 Å². The third-order valence-electron chi connectivity index (χ3n) is 3.42. The second kappa shape index (κ2) is 6.15. The first-order valence-corrected chi connectivity index (χ1v) is 6.33. The molecule has 1 aromatic carbocycles. The Kier molecular flexibility index (Phi) is 4.54. The van der Waals surface area contributed by atoms with E-state index in [4.69, 9.17) is 4.74 Å².